The molecule has 6 nitrogen and oxygen atoms in total. The van der Waals surface area contributed by atoms with Crippen LogP contribution < -0.4 is 19.7 Å². The first-order valence-electron chi connectivity index (χ1n) is 9.97. The van der Waals surface area contributed by atoms with E-state index in [2.05, 4.69) is 11.4 Å². The number of hydrogen-bond donors (Lipinski definition) is 1. The molecule has 1 atom stereocenters. The highest BCUT2D eigenvalue weighted by atomic mass is 16.5. The summed E-state index contributed by atoms with van der Waals surface area (Å²) >= 11 is 0. The third-order valence-electron chi connectivity index (χ3n) is 5.08. The van der Waals surface area contributed by atoms with Crippen LogP contribution in [0.5, 0.6) is 11.5 Å². The van der Waals surface area contributed by atoms with Crippen molar-refractivity contribution in [2.75, 3.05) is 31.7 Å². The summed E-state index contributed by atoms with van der Waals surface area (Å²) in [5.74, 6) is 0.964. The topological polar surface area (TPSA) is 67.9 Å². The van der Waals surface area contributed by atoms with Gasteiger partial charge in [-0.1, -0.05) is 29.8 Å². The van der Waals surface area contributed by atoms with Gasteiger partial charge in [0.15, 0.2) is 0 Å². The van der Waals surface area contributed by atoms with E-state index in [4.69, 9.17) is 9.47 Å². The Morgan fingerprint density at radius 2 is 2.00 bits per heavy atom. The van der Waals surface area contributed by atoms with Gasteiger partial charge >= 0.3 is 0 Å². The van der Waals surface area contributed by atoms with Crippen LogP contribution >= 0.6 is 0 Å². The maximum Gasteiger partial charge on any atom is 0.227 e. The summed E-state index contributed by atoms with van der Waals surface area (Å²) in [5.41, 5.74) is 2.93. The largest absolute Gasteiger partial charge is 0.496 e. The highest BCUT2D eigenvalue weighted by Gasteiger charge is 2.36. The highest BCUT2D eigenvalue weighted by molar-refractivity contribution is 6.01. The van der Waals surface area contributed by atoms with Crippen molar-refractivity contribution in [2.24, 2.45) is 5.92 Å². The zero-order chi connectivity index (χ0) is 20.8. The standard InChI is InChI=1S/C23H28N2O4/c1-4-29-21-8-6-5-7-19(21)25-15-18(14-22(25)26)23(27)24-12-11-17-13-16(2)9-10-20(17)28-3/h5-10,13,18H,4,11-12,14-15H2,1-3H3,(H,24,27). The Labute approximate surface area is 171 Å². The summed E-state index contributed by atoms with van der Waals surface area (Å²) in [6, 6.07) is 13.4. The second-order valence-electron chi connectivity index (χ2n) is 7.16. The predicted octanol–water partition coefficient (Wildman–Crippen LogP) is 3.11. The summed E-state index contributed by atoms with van der Waals surface area (Å²) in [6.07, 6.45) is 0.883. The van der Waals surface area contributed by atoms with E-state index in [-0.39, 0.29) is 24.2 Å². The van der Waals surface area contributed by atoms with Gasteiger partial charge in [-0.25, -0.2) is 0 Å². The van der Waals surface area contributed by atoms with Crippen LogP contribution in [0.25, 0.3) is 0 Å². The van der Waals surface area contributed by atoms with Crippen molar-refractivity contribution in [3.63, 3.8) is 0 Å². The van der Waals surface area contributed by atoms with E-state index >= 15 is 0 Å². The van der Waals surface area contributed by atoms with Crippen molar-refractivity contribution in [2.45, 2.75) is 26.7 Å². The van der Waals surface area contributed by atoms with Gasteiger partial charge in [-0.3, -0.25) is 9.59 Å². The van der Waals surface area contributed by atoms with Gasteiger partial charge in [0, 0.05) is 19.5 Å². The minimum absolute atomic E-state index is 0.0577. The molecule has 154 valence electrons. The van der Waals surface area contributed by atoms with E-state index in [9.17, 15) is 9.59 Å². The molecule has 0 bridgehead atoms. The van der Waals surface area contributed by atoms with Crippen LogP contribution in [-0.2, 0) is 16.0 Å². The number of amides is 2. The third kappa shape index (κ3) is 4.88. The number of carbonyl (C=O) groups excluding carboxylic acids is 2. The van der Waals surface area contributed by atoms with Crippen molar-refractivity contribution < 1.29 is 19.1 Å². The average Bonchev–Trinajstić information content (AvgIpc) is 3.10. The number of hydrogen-bond acceptors (Lipinski definition) is 4. The van der Waals surface area contributed by atoms with E-state index in [0.29, 0.717) is 31.9 Å². The van der Waals surface area contributed by atoms with E-state index in [1.165, 1.54) is 0 Å². The lowest BCUT2D eigenvalue weighted by Gasteiger charge is -2.20. The SMILES string of the molecule is CCOc1ccccc1N1CC(C(=O)NCCc2cc(C)ccc2OC)CC1=O. The number of anilines is 1. The fraction of sp³-hybridized carbons (Fsp3) is 0.391. The first kappa shape index (κ1) is 20.7. The second-order valence-corrected chi connectivity index (χ2v) is 7.16. The molecule has 0 saturated carbocycles. The van der Waals surface area contributed by atoms with Gasteiger partial charge in [0.05, 0.1) is 25.3 Å². The van der Waals surface area contributed by atoms with Gasteiger partial charge in [0.2, 0.25) is 11.8 Å². The molecule has 1 unspecified atom stereocenters. The zero-order valence-electron chi connectivity index (χ0n) is 17.2. The molecule has 1 heterocycles. The van der Waals surface area contributed by atoms with Crippen LogP contribution in [0.2, 0.25) is 0 Å². The number of para-hydroxylation sites is 2. The molecule has 0 spiro atoms. The Kier molecular flexibility index (Phi) is 6.75. The normalized spacial score (nSPS) is 16.0. The van der Waals surface area contributed by atoms with Crippen LogP contribution in [0, 0.1) is 12.8 Å². The van der Waals surface area contributed by atoms with E-state index in [1.54, 1.807) is 12.0 Å². The van der Waals surface area contributed by atoms with E-state index < -0.39 is 0 Å². The van der Waals surface area contributed by atoms with Crippen molar-refractivity contribution in [1.29, 1.82) is 0 Å². The number of benzene rings is 2. The van der Waals surface area contributed by atoms with Gasteiger partial charge in [-0.2, -0.15) is 0 Å². The van der Waals surface area contributed by atoms with Crippen molar-refractivity contribution >= 4 is 17.5 Å². The number of nitrogens with one attached hydrogen (secondary N) is 1. The Morgan fingerprint density at radius 3 is 2.76 bits per heavy atom. The number of aryl methyl sites for hydroxylation is 1. The van der Waals surface area contributed by atoms with Crippen molar-refractivity contribution in [3.8, 4) is 11.5 Å². The van der Waals surface area contributed by atoms with Crippen LogP contribution in [-0.4, -0.2) is 38.6 Å². The van der Waals surface area contributed by atoms with Crippen molar-refractivity contribution in [3.05, 3.63) is 53.6 Å². The van der Waals surface area contributed by atoms with Gasteiger partial charge in [0.1, 0.15) is 11.5 Å². The molecule has 29 heavy (non-hydrogen) atoms. The minimum atomic E-state index is -0.364. The van der Waals surface area contributed by atoms with Crippen LogP contribution in [0.4, 0.5) is 5.69 Å². The Morgan fingerprint density at radius 1 is 1.21 bits per heavy atom. The number of nitrogens with zero attached hydrogens (tertiary/aromatic N) is 1. The number of methoxy groups -OCH3 is 1. The molecule has 3 rings (SSSR count). The summed E-state index contributed by atoms with van der Waals surface area (Å²) in [5, 5.41) is 2.97. The Hall–Kier alpha value is -3.02. The van der Waals surface area contributed by atoms with Crippen LogP contribution in [0.15, 0.2) is 42.5 Å². The maximum atomic E-state index is 12.6. The quantitative estimate of drug-likeness (QED) is 0.745. The molecular weight excluding hydrogens is 368 g/mol. The third-order valence-corrected chi connectivity index (χ3v) is 5.08. The second kappa shape index (κ2) is 9.45. The number of ether oxygens (including phenoxy) is 2. The van der Waals surface area contributed by atoms with Crippen LogP contribution in [0.3, 0.4) is 0 Å². The fourth-order valence-corrected chi connectivity index (χ4v) is 3.64. The van der Waals surface area contributed by atoms with Crippen LogP contribution in [0.1, 0.15) is 24.5 Å². The molecule has 1 aliphatic heterocycles. The molecule has 2 aromatic rings. The van der Waals surface area contributed by atoms with Gasteiger partial charge < -0.3 is 19.7 Å². The maximum absolute atomic E-state index is 12.6. The van der Waals surface area contributed by atoms with E-state index in [1.807, 2.05) is 50.2 Å². The lowest BCUT2D eigenvalue weighted by molar-refractivity contribution is -0.126. The number of rotatable bonds is 8. The molecule has 6 heteroatoms. The summed E-state index contributed by atoms with van der Waals surface area (Å²) in [4.78, 5) is 26.8. The first-order valence-corrected chi connectivity index (χ1v) is 9.97. The average molecular weight is 396 g/mol. The smallest absolute Gasteiger partial charge is 0.227 e. The van der Waals surface area contributed by atoms with Gasteiger partial charge in [0.25, 0.3) is 0 Å². The summed E-state index contributed by atoms with van der Waals surface area (Å²) in [6.45, 7) is 5.31. The molecule has 0 aromatic heterocycles. The molecule has 2 amide bonds. The molecule has 0 aliphatic carbocycles. The lowest BCUT2D eigenvalue weighted by atomic mass is 10.1. The molecule has 0 radical (unpaired) electrons. The summed E-state index contributed by atoms with van der Waals surface area (Å²) in [7, 11) is 1.64. The Balaban J connectivity index is 1.59. The zero-order valence-corrected chi connectivity index (χ0v) is 17.2. The molecule has 2 aromatic carbocycles. The minimum Gasteiger partial charge on any atom is -0.496 e. The molecule has 1 N–H and O–H groups in total. The first-order chi connectivity index (χ1) is 14.0. The lowest BCUT2D eigenvalue weighted by Crippen LogP contribution is -2.34. The summed E-state index contributed by atoms with van der Waals surface area (Å²) < 4.78 is 11.0. The predicted molar refractivity (Wildman–Crippen MR) is 113 cm³/mol. The Bertz CT molecular complexity index is 881. The molecule has 1 saturated heterocycles. The number of carbonyl (C=O) groups is 2. The highest BCUT2D eigenvalue weighted by Crippen LogP contribution is 2.33. The molecular formula is C23H28N2O4. The monoisotopic (exact) mass is 396 g/mol. The molecule has 1 fully saturated rings. The van der Waals surface area contributed by atoms with Gasteiger partial charge in [-0.05, 0) is 44.0 Å². The fourth-order valence-electron chi connectivity index (χ4n) is 3.64. The van der Waals surface area contributed by atoms with Gasteiger partial charge in [-0.15, -0.1) is 0 Å². The van der Waals surface area contributed by atoms with E-state index in [0.717, 1.165) is 22.6 Å². The molecule has 1 aliphatic rings. The van der Waals surface area contributed by atoms with Crippen molar-refractivity contribution in [1.82, 2.24) is 5.32 Å².